The average Bonchev–Trinajstić information content (AvgIpc) is 3.37. The summed E-state index contributed by atoms with van der Waals surface area (Å²) in [7, 11) is 0. The van der Waals surface area contributed by atoms with E-state index in [0.717, 1.165) is 42.8 Å². The molecule has 0 spiro atoms. The SMILES string of the molecule is O=C(c1ccc(-c2cccc(-c3ccn[nH]3)c2)o1)N1CCCC1. The molecule has 4 rings (SSSR count). The van der Waals surface area contributed by atoms with Crippen LogP contribution in [-0.2, 0) is 0 Å². The number of carbonyl (C=O) groups is 1. The van der Waals surface area contributed by atoms with Crippen molar-refractivity contribution in [2.75, 3.05) is 13.1 Å². The number of aromatic nitrogens is 2. The number of likely N-dealkylation sites (tertiary alicyclic amines) is 1. The van der Waals surface area contributed by atoms with Gasteiger partial charge in [0.2, 0.25) is 0 Å². The van der Waals surface area contributed by atoms with Crippen molar-refractivity contribution >= 4 is 5.91 Å². The molecule has 1 N–H and O–H groups in total. The van der Waals surface area contributed by atoms with E-state index < -0.39 is 0 Å². The summed E-state index contributed by atoms with van der Waals surface area (Å²) < 4.78 is 5.80. The van der Waals surface area contributed by atoms with Gasteiger partial charge in [0.05, 0.1) is 5.69 Å². The van der Waals surface area contributed by atoms with Crippen LogP contribution in [0.1, 0.15) is 23.4 Å². The number of furan rings is 1. The topological polar surface area (TPSA) is 62.1 Å². The summed E-state index contributed by atoms with van der Waals surface area (Å²) in [6, 6.07) is 13.5. The zero-order valence-corrected chi connectivity index (χ0v) is 12.7. The third kappa shape index (κ3) is 2.65. The maximum absolute atomic E-state index is 12.4. The monoisotopic (exact) mass is 307 g/mol. The fraction of sp³-hybridized carbons (Fsp3) is 0.222. The van der Waals surface area contributed by atoms with E-state index in [2.05, 4.69) is 10.2 Å². The van der Waals surface area contributed by atoms with Crippen molar-refractivity contribution in [2.45, 2.75) is 12.8 Å². The largest absolute Gasteiger partial charge is 0.451 e. The number of H-pyrrole nitrogens is 1. The van der Waals surface area contributed by atoms with Crippen LogP contribution in [0.25, 0.3) is 22.6 Å². The molecule has 3 heterocycles. The Morgan fingerprint density at radius 3 is 2.70 bits per heavy atom. The van der Waals surface area contributed by atoms with Crippen LogP contribution in [0.5, 0.6) is 0 Å². The van der Waals surface area contributed by atoms with Crippen LogP contribution in [0, 0.1) is 0 Å². The van der Waals surface area contributed by atoms with Gasteiger partial charge in [-0.25, -0.2) is 0 Å². The summed E-state index contributed by atoms with van der Waals surface area (Å²) in [5.41, 5.74) is 2.92. The Bertz CT molecular complexity index is 814. The molecule has 1 aliphatic rings. The highest BCUT2D eigenvalue weighted by Gasteiger charge is 2.22. The molecule has 0 atom stereocenters. The quantitative estimate of drug-likeness (QED) is 0.804. The van der Waals surface area contributed by atoms with Gasteiger partial charge in [0, 0.05) is 30.4 Å². The molecular formula is C18H17N3O2. The van der Waals surface area contributed by atoms with Crippen LogP contribution in [0.3, 0.4) is 0 Å². The molecule has 0 saturated carbocycles. The molecule has 23 heavy (non-hydrogen) atoms. The van der Waals surface area contributed by atoms with E-state index in [1.54, 1.807) is 12.3 Å². The van der Waals surface area contributed by atoms with Crippen LogP contribution in [0.2, 0.25) is 0 Å². The number of amides is 1. The number of hydrogen-bond acceptors (Lipinski definition) is 3. The highest BCUT2D eigenvalue weighted by atomic mass is 16.4. The van der Waals surface area contributed by atoms with Crippen LogP contribution in [0.15, 0.2) is 53.1 Å². The van der Waals surface area contributed by atoms with Gasteiger partial charge in [-0.1, -0.05) is 18.2 Å². The number of benzene rings is 1. The van der Waals surface area contributed by atoms with E-state index >= 15 is 0 Å². The number of nitrogens with zero attached hydrogens (tertiary/aromatic N) is 2. The fourth-order valence-corrected chi connectivity index (χ4v) is 2.94. The number of hydrogen-bond donors (Lipinski definition) is 1. The Morgan fingerprint density at radius 2 is 1.91 bits per heavy atom. The number of rotatable bonds is 3. The molecule has 0 unspecified atom stereocenters. The van der Waals surface area contributed by atoms with E-state index in [9.17, 15) is 4.79 Å². The highest BCUT2D eigenvalue weighted by Crippen LogP contribution is 2.27. The van der Waals surface area contributed by atoms with Crippen molar-refractivity contribution in [3.63, 3.8) is 0 Å². The van der Waals surface area contributed by atoms with Gasteiger partial charge < -0.3 is 9.32 Å². The average molecular weight is 307 g/mol. The smallest absolute Gasteiger partial charge is 0.289 e. The lowest BCUT2D eigenvalue weighted by molar-refractivity contribution is 0.0762. The minimum absolute atomic E-state index is 0.0153. The molecule has 0 radical (unpaired) electrons. The molecular weight excluding hydrogens is 290 g/mol. The van der Waals surface area contributed by atoms with Crippen molar-refractivity contribution in [3.05, 3.63) is 54.4 Å². The minimum Gasteiger partial charge on any atom is -0.451 e. The van der Waals surface area contributed by atoms with Gasteiger partial charge in [-0.15, -0.1) is 0 Å². The lowest BCUT2D eigenvalue weighted by atomic mass is 10.1. The zero-order valence-electron chi connectivity index (χ0n) is 12.7. The van der Waals surface area contributed by atoms with Crippen LogP contribution in [-0.4, -0.2) is 34.1 Å². The second-order valence-electron chi connectivity index (χ2n) is 5.71. The predicted octanol–water partition coefficient (Wildman–Crippen LogP) is 3.57. The molecule has 0 aliphatic carbocycles. The Hall–Kier alpha value is -2.82. The van der Waals surface area contributed by atoms with E-state index in [1.165, 1.54) is 0 Å². The molecule has 1 saturated heterocycles. The van der Waals surface area contributed by atoms with Gasteiger partial charge in [-0.05, 0) is 37.1 Å². The molecule has 2 aromatic heterocycles. The van der Waals surface area contributed by atoms with Crippen molar-refractivity contribution in [1.82, 2.24) is 15.1 Å². The zero-order chi connectivity index (χ0) is 15.6. The van der Waals surface area contributed by atoms with E-state index in [0.29, 0.717) is 11.5 Å². The normalized spacial score (nSPS) is 14.3. The van der Waals surface area contributed by atoms with Crippen LogP contribution < -0.4 is 0 Å². The lowest BCUT2D eigenvalue weighted by Crippen LogP contribution is -2.27. The molecule has 116 valence electrons. The van der Waals surface area contributed by atoms with E-state index in [1.807, 2.05) is 41.3 Å². The van der Waals surface area contributed by atoms with Gasteiger partial charge in [-0.3, -0.25) is 9.89 Å². The first-order chi connectivity index (χ1) is 11.3. The van der Waals surface area contributed by atoms with Crippen molar-refractivity contribution < 1.29 is 9.21 Å². The summed E-state index contributed by atoms with van der Waals surface area (Å²) >= 11 is 0. The summed E-state index contributed by atoms with van der Waals surface area (Å²) in [5, 5.41) is 6.93. The van der Waals surface area contributed by atoms with Crippen molar-refractivity contribution in [3.8, 4) is 22.6 Å². The Labute approximate surface area is 133 Å². The van der Waals surface area contributed by atoms with Crippen LogP contribution in [0.4, 0.5) is 0 Å². The van der Waals surface area contributed by atoms with E-state index in [-0.39, 0.29) is 5.91 Å². The van der Waals surface area contributed by atoms with Gasteiger partial charge in [-0.2, -0.15) is 5.10 Å². The number of aromatic amines is 1. The summed E-state index contributed by atoms with van der Waals surface area (Å²) in [4.78, 5) is 14.2. The predicted molar refractivity (Wildman–Crippen MR) is 86.9 cm³/mol. The maximum Gasteiger partial charge on any atom is 0.289 e. The molecule has 5 nitrogen and oxygen atoms in total. The molecule has 1 amide bonds. The Morgan fingerprint density at radius 1 is 1.09 bits per heavy atom. The third-order valence-electron chi connectivity index (χ3n) is 4.17. The molecule has 1 fully saturated rings. The molecule has 5 heteroatoms. The first-order valence-electron chi connectivity index (χ1n) is 7.80. The fourth-order valence-electron chi connectivity index (χ4n) is 2.94. The first kappa shape index (κ1) is 13.8. The minimum atomic E-state index is -0.0153. The van der Waals surface area contributed by atoms with Crippen molar-refractivity contribution in [1.29, 1.82) is 0 Å². The van der Waals surface area contributed by atoms with Gasteiger partial charge in [0.15, 0.2) is 5.76 Å². The summed E-state index contributed by atoms with van der Waals surface area (Å²) in [6.45, 7) is 1.65. The van der Waals surface area contributed by atoms with Gasteiger partial charge >= 0.3 is 0 Å². The van der Waals surface area contributed by atoms with Gasteiger partial charge in [0.1, 0.15) is 5.76 Å². The lowest BCUT2D eigenvalue weighted by Gasteiger charge is -2.12. The van der Waals surface area contributed by atoms with Gasteiger partial charge in [0.25, 0.3) is 5.91 Å². The second-order valence-corrected chi connectivity index (χ2v) is 5.71. The van der Waals surface area contributed by atoms with E-state index in [4.69, 9.17) is 4.42 Å². The maximum atomic E-state index is 12.4. The first-order valence-corrected chi connectivity index (χ1v) is 7.80. The Balaban J connectivity index is 1.61. The highest BCUT2D eigenvalue weighted by molar-refractivity contribution is 5.92. The molecule has 1 aliphatic heterocycles. The standard InChI is InChI=1S/C18H17N3O2/c22-18(21-10-1-2-11-21)17-7-6-16(23-17)14-5-3-4-13(12-14)15-8-9-19-20-15/h3-9,12H,1-2,10-11H2,(H,19,20). The Kier molecular flexibility index (Phi) is 3.46. The molecule has 1 aromatic carbocycles. The molecule has 0 bridgehead atoms. The van der Waals surface area contributed by atoms with Crippen molar-refractivity contribution in [2.24, 2.45) is 0 Å². The second kappa shape index (κ2) is 5.76. The van der Waals surface area contributed by atoms with Crippen LogP contribution >= 0.6 is 0 Å². The number of carbonyl (C=O) groups excluding carboxylic acids is 1. The number of nitrogens with one attached hydrogen (secondary N) is 1. The summed E-state index contributed by atoms with van der Waals surface area (Å²) in [6.07, 6.45) is 3.87. The summed E-state index contributed by atoms with van der Waals surface area (Å²) in [5.74, 6) is 1.10. The third-order valence-corrected chi connectivity index (χ3v) is 4.17. The molecule has 3 aromatic rings.